The van der Waals surface area contributed by atoms with Crippen molar-refractivity contribution < 1.29 is 9.59 Å². The van der Waals surface area contributed by atoms with E-state index in [0.717, 1.165) is 23.1 Å². The molecule has 3 aromatic carbocycles. The van der Waals surface area contributed by atoms with Crippen LogP contribution in [-0.2, 0) is 29.0 Å². The molecule has 2 amide bonds. The highest BCUT2D eigenvalue weighted by Gasteiger charge is 2.30. The van der Waals surface area contributed by atoms with Crippen LogP contribution in [0.1, 0.15) is 35.6 Å². The van der Waals surface area contributed by atoms with Gasteiger partial charge in [0.25, 0.3) is 0 Å². The van der Waals surface area contributed by atoms with E-state index >= 15 is 0 Å². The normalized spacial score (nSPS) is 11.6. The number of hydrogen-bond donors (Lipinski definition) is 1. The first kappa shape index (κ1) is 25.8. The second-order valence-corrected chi connectivity index (χ2v) is 9.26. The van der Waals surface area contributed by atoms with Crippen LogP contribution < -0.4 is 5.32 Å². The summed E-state index contributed by atoms with van der Waals surface area (Å²) in [6.07, 6.45) is 1.31. The molecule has 1 atom stereocenters. The molecule has 0 unspecified atom stereocenters. The number of amides is 2. The molecule has 0 aromatic heterocycles. The summed E-state index contributed by atoms with van der Waals surface area (Å²) in [5.74, 6) is -0.327. The van der Waals surface area contributed by atoms with Crippen LogP contribution in [0.3, 0.4) is 0 Å². The molecule has 0 saturated heterocycles. The molecule has 34 heavy (non-hydrogen) atoms. The SMILES string of the molecule is CCCNC(=O)[C@H](Cc1ccccc1)N(Cc1cccc(C)c1)C(=O)Cc1ccc(Cl)cc1Cl. The highest BCUT2D eigenvalue weighted by molar-refractivity contribution is 6.35. The van der Waals surface area contributed by atoms with Gasteiger partial charge in [-0.15, -0.1) is 0 Å². The second-order valence-electron chi connectivity index (χ2n) is 8.42. The molecule has 0 aliphatic carbocycles. The van der Waals surface area contributed by atoms with Crippen LogP contribution in [0.25, 0.3) is 0 Å². The average Bonchev–Trinajstić information content (AvgIpc) is 2.82. The molecule has 178 valence electrons. The lowest BCUT2D eigenvalue weighted by Crippen LogP contribution is -2.51. The van der Waals surface area contributed by atoms with Crippen LogP contribution in [0.15, 0.2) is 72.8 Å². The minimum Gasteiger partial charge on any atom is -0.354 e. The van der Waals surface area contributed by atoms with Crippen LogP contribution in [-0.4, -0.2) is 29.3 Å². The maximum absolute atomic E-state index is 13.7. The Morgan fingerprint density at radius 1 is 0.941 bits per heavy atom. The van der Waals surface area contributed by atoms with Crippen molar-refractivity contribution in [3.05, 3.63) is 105 Å². The third-order valence-corrected chi connectivity index (χ3v) is 6.20. The average molecular weight is 497 g/mol. The molecule has 0 spiro atoms. The van der Waals surface area contributed by atoms with Gasteiger partial charge in [-0.2, -0.15) is 0 Å². The highest BCUT2D eigenvalue weighted by Crippen LogP contribution is 2.23. The Morgan fingerprint density at radius 3 is 2.35 bits per heavy atom. The Hall–Kier alpha value is -2.82. The monoisotopic (exact) mass is 496 g/mol. The predicted octanol–water partition coefficient (Wildman–Crippen LogP) is 6.01. The van der Waals surface area contributed by atoms with Crippen molar-refractivity contribution in [3.8, 4) is 0 Å². The van der Waals surface area contributed by atoms with E-state index in [9.17, 15) is 9.59 Å². The lowest BCUT2D eigenvalue weighted by atomic mass is 10.0. The smallest absolute Gasteiger partial charge is 0.243 e. The van der Waals surface area contributed by atoms with E-state index < -0.39 is 6.04 Å². The molecular formula is C28H30Cl2N2O2. The Labute approximate surface area is 211 Å². The Kier molecular flexibility index (Phi) is 9.55. The number of carbonyl (C=O) groups excluding carboxylic acids is 2. The molecule has 0 bridgehead atoms. The summed E-state index contributed by atoms with van der Waals surface area (Å²) in [5.41, 5.74) is 3.74. The molecule has 3 aromatic rings. The fourth-order valence-corrected chi connectivity index (χ4v) is 4.33. The molecular weight excluding hydrogens is 467 g/mol. The highest BCUT2D eigenvalue weighted by atomic mass is 35.5. The number of rotatable bonds is 10. The van der Waals surface area contributed by atoms with E-state index in [1.165, 1.54) is 0 Å². The first-order chi connectivity index (χ1) is 16.4. The quantitative estimate of drug-likeness (QED) is 0.373. The molecule has 0 radical (unpaired) electrons. The first-order valence-corrected chi connectivity index (χ1v) is 12.2. The largest absolute Gasteiger partial charge is 0.354 e. The van der Waals surface area contributed by atoms with Crippen LogP contribution in [0.5, 0.6) is 0 Å². The second kappa shape index (κ2) is 12.6. The zero-order valence-electron chi connectivity index (χ0n) is 19.6. The van der Waals surface area contributed by atoms with Crippen LogP contribution >= 0.6 is 23.2 Å². The zero-order chi connectivity index (χ0) is 24.5. The van der Waals surface area contributed by atoms with Crippen LogP contribution in [0, 0.1) is 6.92 Å². The van der Waals surface area contributed by atoms with Crippen molar-refractivity contribution in [1.29, 1.82) is 0 Å². The molecule has 3 rings (SSSR count). The van der Waals surface area contributed by atoms with Gasteiger partial charge in [0.05, 0.1) is 6.42 Å². The number of benzene rings is 3. The van der Waals surface area contributed by atoms with Crippen molar-refractivity contribution in [3.63, 3.8) is 0 Å². The summed E-state index contributed by atoms with van der Waals surface area (Å²) in [6, 6.07) is 22.2. The van der Waals surface area contributed by atoms with Crippen molar-refractivity contribution in [2.45, 2.75) is 45.7 Å². The van der Waals surface area contributed by atoms with Gasteiger partial charge in [-0.3, -0.25) is 9.59 Å². The summed E-state index contributed by atoms with van der Waals surface area (Å²) < 4.78 is 0. The molecule has 4 nitrogen and oxygen atoms in total. The molecule has 0 fully saturated rings. The van der Waals surface area contributed by atoms with Gasteiger partial charge in [0, 0.05) is 29.6 Å². The molecule has 1 N–H and O–H groups in total. The van der Waals surface area contributed by atoms with E-state index in [0.29, 0.717) is 35.1 Å². The van der Waals surface area contributed by atoms with Crippen LogP contribution in [0.4, 0.5) is 0 Å². The predicted molar refractivity (Wildman–Crippen MR) is 139 cm³/mol. The van der Waals surface area contributed by atoms with Gasteiger partial charge in [0.15, 0.2) is 0 Å². The number of nitrogens with zero attached hydrogens (tertiary/aromatic N) is 1. The number of aryl methyl sites for hydroxylation is 1. The van der Waals surface area contributed by atoms with Gasteiger partial charge in [-0.05, 0) is 42.2 Å². The van der Waals surface area contributed by atoms with E-state index in [4.69, 9.17) is 23.2 Å². The molecule has 6 heteroatoms. The number of carbonyl (C=O) groups is 2. The first-order valence-electron chi connectivity index (χ1n) is 11.5. The number of hydrogen-bond acceptors (Lipinski definition) is 2. The van der Waals surface area contributed by atoms with Crippen molar-refractivity contribution >= 4 is 35.0 Å². The standard InChI is InChI=1S/C28H30Cl2N2O2/c1-3-14-31-28(34)26(16-21-9-5-4-6-10-21)32(19-22-11-7-8-20(2)15-22)27(33)17-23-12-13-24(29)18-25(23)30/h4-13,15,18,26H,3,14,16-17,19H2,1-2H3,(H,31,34)/t26-/m0/s1. The summed E-state index contributed by atoms with van der Waals surface area (Å²) in [6.45, 7) is 4.89. The summed E-state index contributed by atoms with van der Waals surface area (Å²) >= 11 is 12.4. The van der Waals surface area contributed by atoms with Gasteiger partial charge >= 0.3 is 0 Å². The zero-order valence-corrected chi connectivity index (χ0v) is 21.1. The fourth-order valence-electron chi connectivity index (χ4n) is 3.86. The van der Waals surface area contributed by atoms with Gasteiger partial charge in [0.1, 0.15) is 6.04 Å². The van der Waals surface area contributed by atoms with Gasteiger partial charge < -0.3 is 10.2 Å². The van der Waals surface area contributed by atoms with E-state index in [2.05, 4.69) is 5.32 Å². The minimum atomic E-state index is -0.659. The number of halogens is 2. The Bertz CT molecular complexity index is 1120. The molecule has 0 saturated carbocycles. The van der Waals surface area contributed by atoms with Gasteiger partial charge in [-0.25, -0.2) is 0 Å². The molecule has 0 aliphatic rings. The lowest BCUT2D eigenvalue weighted by Gasteiger charge is -2.32. The van der Waals surface area contributed by atoms with E-state index in [-0.39, 0.29) is 18.2 Å². The van der Waals surface area contributed by atoms with Gasteiger partial charge in [0.2, 0.25) is 11.8 Å². The fraction of sp³-hybridized carbons (Fsp3) is 0.286. The molecule has 0 heterocycles. The third-order valence-electron chi connectivity index (χ3n) is 5.61. The summed E-state index contributed by atoms with van der Waals surface area (Å²) in [4.78, 5) is 28.7. The summed E-state index contributed by atoms with van der Waals surface area (Å²) in [5, 5.41) is 3.94. The van der Waals surface area contributed by atoms with E-state index in [1.807, 2.05) is 68.4 Å². The van der Waals surface area contributed by atoms with E-state index in [1.54, 1.807) is 23.1 Å². The maximum Gasteiger partial charge on any atom is 0.243 e. The summed E-state index contributed by atoms with van der Waals surface area (Å²) in [7, 11) is 0. The van der Waals surface area contributed by atoms with Gasteiger partial charge in [-0.1, -0.05) is 96.4 Å². The van der Waals surface area contributed by atoms with Crippen LogP contribution in [0.2, 0.25) is 10.0 Å². The van der Waals surface area contributed by atoms with Crippen molar-refractivity contribution in [2.75, 3.05) is 6.54 Å². The number of nitrogens with one attached hydrogen (secondary N) is 1. The topological polar surface area (TPSA) is 49.4 Å². The Balaban J connectivity index is 1.97. The lowest BCUT2D eigenvalue weighted by molar-refractivity contribution is -0.140. The minimum absolute atomic E-state index is 0.0775. The molecule has 0 aliphatic heterocycles. The third kappa shape index (κ3) is 7.34. The van der Waals surface area contributed by atoms with Crippen molar-refractivity contribution in [1.82, 2.24) is 10.2 Å². The van der Waals surface area contributed by atoms with Crippen molar-refractivity contribution in [2.24, 2.45) is 0 Å². The maximum atomic E-state index is 13.7. The Morgan fingerprint density at radius 2 is 1.68 bits per heavy atom.